The number of hydrogen-bond acceptors (Lipinski definition) is 0. The zero-order valence-corrected chi connectivity index (χ0v) is 9.29. The van der Waals surface area contributed by atoms with Crippen molar-refractivity contribution >= 4 is 21.0 Å². The number of halogens is 1. The van der Waals surface area contributed by atoms with Crippen molar-refractivity contribution in [2.45, 2.75) is 27.7 Å². The Hall–Kier alpha value is 0.720. The summed E-state index contributed by atoms with van der Waals surface area (Å²) in [5, 5.41) is 0. The Balaban J connectivity index is 0. The van der Waals surface area contributed by atoms with Crippen molar-refractivity contribution in [2.75, 3.05) is 12.3 Å². The molecule has 0 bridgehead atoms. The fourth-order valence-corrected chi connectivity index (χ4v) is 1.98. The van der Waals surface area contributed by atoms with Crippen LogP contribution in [0.2, 0.25) is 0 Å². The Morgan fingerprint density at radius 2 is 1.20 bits per heavy atom. The van der Waals surface area contributed by atoms with E-state index in [0.717, 1.165) is 11.8 Å². The van der Waals surface area contributed by atoms with Gasteiger partial charge in [0.05, 0.1) is 0 Å². The first-order valence-electron chi connectivity index (χ1n) is 3.83. The van der Waals surface area contributed by atoms with Gasteiger partial charge < -0.3 is 0 Å². The van der Waals surface area contributed by atoms with Crippen LogP contribution in [0.3, 0.4) is 0 Å². The normalized spacial score (nSPS) is 10.2. The summed E-state index contributed by atoms with van der Waals surface area (Å²) in [5.74, 6) is 1.81. The minimum absolute atomic E-state index is 0. The maximum Gasteiger partial charge on any atom is -0.0330 e. The fourth-order valence-electron chi connectivity index (χ4n) is 0.661. The van der Waals surface area contributed by atoms with Crippen LogP contribution in [-0.2, 0) is 0 Å². The molecule has 0 aliphatic heterocycles. The summed E-state index contributed by atoms with van der Waals surface area (Å²) >= 11 is 0. The van der Waals surface area contributed by atoms with Gasteiger partial charge in [-0.1, -0.05) is 27.7 Å². The lowest BCUT2D eigenvalue weighted by Gasteiger charge is -2.06. The van der Waals surface area contributed by atoms with Gasteiger partial charge in [-0.3, -0.25) is 0 Å². The maximum atomic E-state index is 2.30. The van der Waals surface area contributed by atoms with Gasteiger partial charge in [0.15, 0.2) is 0 Å². The summed E-state index contributed by atoms with van der Waals surface area (Å²) in [6.07, 6.45) is 2.86. The van der Waals surface area contributed by atoms with Crippen molar-refractivity contribution < 1.29 is 0 Å². The lowest BCUT2D eigenvalue weighted by molar-refractivity contribution is 0.725. The van der Waals surface area contributed by atoms with Gasteiger partial charge in [-0.05, 0) is 24.2 Å². The van der Waals surface area contributed by atoms with E-state index >= 15 is 0 Å². The van der Waals surface area contributed by atoms with Crippen LogP contribution in [0, 0.1) is 11.8 Å². The Morgan fingerprint density at radius 1 is 0.900 bits per heavy atom. The molecule has 0 atom stereocenters. The number of hydrogen-bond donors (Lipinski definition) is 0. The molecule has 0 nitrogen and oxygen atoms in total. The van der Waals surface area contributed by atoms with Gasteiger partial charge in [0.1, 0.15) is 0 Å². The number of rotatable bonds is 4. The predicted octanol–water partition coefficient (Wildman–Crippen LogP) is 3.40. The van der Waals surface area contributed by atoms with E-state index in [-0.39, 0.29) is 12.4 Å². The highest BCUT2D eigenvalue weighted by Crippen LogP contribution is 2.17. The van der Waals surface area contributed by atoms with Crippen LogP contribution in [0.1, 0.15) is 27.7 Å². The first-order chi connectivity index (χ1) is 4.13. The topological polar surface area (TPSA) is 0 Å². The molecule has 0 rings (SSSR count). The van der Waals surface area contributed by atoms with Gasteiger partial charge in [-0.2, -0.15) is 0 Å². The molecule has 0 heterocycles. The second kappa shape index (κ2) is 7.82. The minimum atomic E-state index is 0. The van der Waals surface area contributed by atoms with Crippen LogP contribution < -0.4 is 0 Å². The molecule has 0 saturated carbocycles. The van der Waals surface area contributed by atoms with E-state index in [1.165, 1.54) is 20.9 Å². The molecule has 0 radical (unpaired) electrons. The third-order valence-electron chi connectivity index (χ3n) is 1.11. The van der Waals surface area contributed by atoms with Crippen molar-refractivity contribution in [2.24, 2.45) is 11.8 Å². The summed E-state index contributed by atoms with van der Waals surface area (Å²) in [4.78, 5) is 0. The second-order valence-corrected chi connectivity index (χ2v) is 4.76. The van der Waals surface area contributed by atoms with Crippen LogP contribution in [0.4, 0.5) is 0 Å². The van der Waals surface area contributed by atoms with E-state index in [1.807, 2.05) is 0 Å². The average Bonchev–Trinajstić information content (AvgIpc) is 1.63. The summed E-state index contributed by atoms with van der Waals surface area (Å²) in [5.41, 5.74) is 0. The van der Waals surface area contributed by atoms with E-state index < -0.39 is 0 Å². The van der Waals surface area contributed by atoms with E-state index in [9.17, 15) is 0 Å². The Morgan fingerprint density at radius 3 is 1.40 bits per heavy atom. The zero-order valence-electron chi connectivity index (χ0n) is 7.48. The highest BCUT2D eigenvalue weighted by Gasteiger charge is 1.95. The van der Waals surface area contributed by atoms with Crippen LogP contribution in [0.5, 0.6) is 0 Å². The minimum Gasteiger partial charge on any atom is -0.147 e. The highest BCUT2D eigenvalue weighted by atomic mass is 35.5. The standard InChI is InChI=1S/C8H19P.ClH/c1-7(2)5-9-6-8(3)4;/h7-9H,5-6H2,1-4H3;1H. The summed E-state index contributed by atoms with van der Waals surface area (Å²) in [6.45, 7) is 9.20. The van der Waals surface area contributed by atoms with Crippen molar-refractivity contribution in [3.05, 3.63) is 0 Å². The molecule has 0 aliphatic carbocycles. The van der Waals surface area contributed by atoms with Crippen LogP contribution >= 0.6 is 21.0 Å². The summed E-state index contributed by atoms with van der Waals surface area (Å²) in [7, 11) is 1.19. The molecule has 0 amide bonds. The van der Waals surface area contributed by atoms with Gasteiger partial charge in [-0.15, -0.1) is 21.0 Å². The monoisotopic (exact) mass is 182 g/mol. The van der Waals surface area contributed by atoms with Crippen molar-refractivity contribution in [1.29, 1.82) is 0 Å². The molecule has 0 aromatic heterocycles. The quantitative estimate of drug-likeness (QED) is 0.585. The molecule has 0 aromatic rings. The third-order valence-corrected chi connectivity index (χ3v) is 3.32. The van der Waals surface area contributed by atoms with Gasteiger partial charge in [-0.25, -0.2) is 0 Å². The van der Waals surface area contributed by atoms with Crippen LogP contribution in [-0.4, -0.2) is 12.3 Å². The Labute approximate surface area is 73.4 Å². The molecule has 0 unspecified atom stereocenters. The largest absolute Gasteiger partial charge is 0.147 e. The summed E-state index contributed by atoms with van der Waals surface area (Å²) in [6, 6.07) is 0. The second-order valence-electron chi connectivity index (χ2n) is 3.45. The van der Waals surface area contributed by atoms with Gasteiger partial charge in [0.25, 0.3) is 0 Å². The van der Waals surface area contributed by atoms with E-state index in [1.54, 1.807) is 0 Å². The van der Waals surface area contributed by atoms with E-state index in [2.05, 4.69) is 27.7 Å². The predicted molar refractivity (Wildman–Crippen MR) is 55.0 cm³/mol. The molecule has 0 fully saturated rings. The molecule has 0 saturated heterocycles. The molecule has 0 aromatic carbocycles. The lowest BCUT2D eigenvalue weighted by Crippen LogP contribution is -1.94. The smallest absolute Gasteiger partial charge is 0.0330 e. The van der Waals surface area contributed by atoms with Gasteiger partial charge in [0.2, 0.25) is 0 Å². The molecule has 2 heteroatoms. The first-order valence-corrected chi connectivity index (χ1v) is 5.25. The maximum absolute atomic E-state index is 2.30. The Bertz CT molecular complexity index is 54.3. The average molecular weight is 183 g/mol. The van der Waals surface area contributed by atoms with Crippen molar-refractivity contribution in [3.63, 3.8) is 0 Å². The zero-order chi connectivity index (χ0) is 7.28. The van der Waals surface area contributed by atoms with Crippen molar-refractivity contribution in [3.8, 4) is 0 Å². The van der Waals surface area contributed by atoms with Gasteiger partial charge in [0, 0.05) is 0 Å². The fraction of sp³-hybridized carbons (Fsp3) is 1.00. The molecule has 0 aliphatic rings. The highest BCUT2D eigenvalue weighted by molar-refractivity contribution is 7.37. The molecule has 0 N–H and O–H groups in total. The SMILES string of the molecule is CC(C)CPCC(C)C.Cl. The van der Waals surface area contributed by atoms with Crippen molar-refractivity contribution in [1.82, 2.24) is 0 Å². The molecule has 64 valence electrons. The van der Waals surface area contributed by atoms with Crippen LogP contribution in [0.25, 0.3) is 0 Å². The van der Waals surface area contributed by atoms with Gasteiger partial charge >= 0.3 is 0 Å². The molecular formula is C8H20ClP. The molecule has 10 heavy (non-hydrogen) atoms. The lowest BCUT2D eigenvalue weighted by atomic mass is 10.3. The Kier molecular flexibility index (Phi) is 10.4. The first kappa shape index (κ1) is 13.3. The molecule has 0 spiro atoms. The van der Waals surface area contributed by atoms with E-state index in [4.69, 9.17) is 0 Å². The molecular weight excluding hydrogens is 163 g/mol. The third kappa shape index (κ3) is 11.5. The van der Waals surface area contributed by atoms with Crippen LogP contribution in [0.15, 0.2) is 0 Å². The summed E-state index contributed by atoms with van der Waals surface area (Å²) < 4.78 is 0. The van der Waals surface area contributed by atoms with E-state index in [0.29, 0.717) is 0 Å².